The van der Waals surface area contributed by atoms with Gasteiger partial charge < -0.3 is 0 Å². The lowest BCUT2D eigenvalue weighted by Gasteiger charge is -2.17. The Hall–Kier alpha value is -1.30. The molecule has 22 heavy (non-hydrogen) atoms. The number of aryl methyl sites for hydroxylation is 1. The summed E-state index contributed by atoms with van der Waals surface area (Å²) in [4.78, 5) is 5.59. The molecule has 0 aliphatic carbocycles. The zero-order chi connectivity index (χ0) is 16.2. The van der Waals surface area contributed by atoms with Crippen molar-refractivity contribution < 1.29 is 9.22 Å². The third kappa shape index (κ3) is 4.35. The largest absolute Gasteiger partial charge is 0.268 e. The van der Waals surface area contributed by atoms with Crippen molar-refractivity contribution in [1.29, 1.82) is 0 Å². The molecule has 0 saturated heterocycles. The smallest absolute Gasteiger partial charge is 0.0725 e. The monoisotopic (exact) mass is 320 g/mol. The van der Waals surface area contributed by atoms with Crippen LogP contribution in [-0.4, -0.2) is 16.9 Å². The Bertz CT molecular complexity index is 600. The predicted octanol–water partition coefficient (Wildman–Crippen LogP) is 4.38. The average molecular weight is 320 g/mol. The summed E-state index contributed by atoms with van der Waals surface area (Å²) in [6.45, 7) is 9.63. The Kier molecular flexibility index (Phi) is 5.67. The van der Waals surface area contributed by atoms with Gasteiger partial charge in [0.05, 0.1) is 31.4 Å². The van der Waals surface area contributed by atoms with Gasteiger partial charge in [0.1, 0.15) is 0 Å². The normalized spacial score (nSPS) is 11.9. The first-order valence-electron chi connectivity index (χ1n) is 7.47. The summed E-state index contributed by atoms with van der Waals surface area (Å²) in [5.41, 5.74) is 3.86. The molecule has 1 heterocycles. The Morgan fingerprint density at radius 3 is 2.36 bits per heavy atom. The fourth-order valence-corrected chi connectivity index (χ4v) is 2.73. The molecule has 0 atom stereocenters. The Morgan fingerprint density at radius 2 is 1.86 bits per heavy atom. The van der Waals surface area contributed by atoms with Gasteiger partial charge >= 0.3 is 0 Å². The summed E-state index contributed by atoms with van der Waals surface area (Å²) >= 11 is 1.20. The fourth-order valence-electron chi connectivity index (χ4n) is 2.34. The van der Waals surface area contributed by atoms with E-state index in [1.54, 1.807) is 0 Å². The molecule has 5 heteroatoms. The van der Waals surface area contributed by atoms with Crippen molar-refractivity contribution in [2.45, 2.75) is 51.0 Å². The Balaban J connectivity index is 2.12. The van der Waals surface area contributed by atoms with Crippen molar-refractivity contribution in [3.63, 3.8) is 0 Å². The molecule has 0 spiro atoms. The second kappa shape index (κ2) is 7.31. The van der Waals surface area contributed by atoms with Gasteiger partial charge in [-0.1, -0.05) is 39.8 Å². The van der Waals surface area contributed by atoms with Gasteiger partial charge in [0.25, 0.3) is 0 Å². The van der Waals surface area contributed by atoms with Crippen LogP contribution < -0.4 is 0 Å². The summed E-state index contributed by atoms with van der Waals surface area (Å²) in [5, 5.41) is 4.73. The highest BCUT2D eigenvalue weighted by Crippen LogP contribution is 2.26. The van der Waals surface area contributed by atoms with Gasteiger partial charge in [0, 0.05) is 11.1 Å². The van der Waals surface area contributed by atoms with Crippen LogP contribution in [0.1, 0.15) is 44.5 Å². The minimum atomic E-state index is 0.127. The van der Waals surface area contributed by atoms with E-state index < -0.39 is 0 Å². The van der Waals surface area contributed by atoms with E-state index in [1.807, 2.05) is 16.8 Å². The first kappa shape index (κ1) is 17.1. The van der Waals surface area contributed by atoms with Gasteiger partial charge in [-0.05, 0) is 35.1 Å². The molecule has 0 bridgehead atoms. The fraction of sp³-hybridized carbons (Fsp3) is 0.471. The molecular weight excluding hydrogens is 296 g/mol. The van der Waals surface area contributed by atoms with Crippen molar-refractivity contribution in [2.24, 2.45) is 0 Å². The topological polar surface area (TPSA) is 36.3 Å². The van der Waals surface area contributed by atoms with Gasteiger partial charge in [-0.15, -0.1) is 0 Å². The second-order valence-electron chi connectivity index (χ2n) is 6.25. The van der Waals surface area contributed by atoms with Crippen molar-refractivity contribution >= 4 is 12.0 Å². The van der Waals surface area contributed by atoms with Crippen LogP contribution in [0.2, 0.25) is 0 Å². The van der Waals surface area contributed by atoms with Gasteiger partial charge in [0.2, 0.25) is 0 Å². The number of hydrogen-bond donors (Lipinski definition) is 0. The van der Waals surface area contributed by atoms with E-state index in [9.17, 15) is 0 Å². The Labute approximate surface area is 137 Å². The first-order chi connectivity index (χ1) is 10.4. The van der Waals surface area contributed by atoms with Crippen LogP contribution in [0.3, 0.4) is 0 Å². The van der Waals surface area contributed by atoms with E-state index in [2.05, 4.69) is 50.9 Å². The van der Waals surface area contributed by atoms with Crippen LogP contribution >= 0.6 is 12.0 Å². The summed E-state index contributed by atoms with van der Waals surface area (Å²) < 4.78 is 6.88. The zero-order valence-corrected chi connectivity index (χ0v) is 14.7. The highest BCUT2D eigenvalue weighted by molar-refractivity contribution is 7.94. The average Bonchev–Trinajstić information content (AvgIpc) is 2.90. The van der Waals surface area contributed by atoms with Gasteiger partial charge in [0.15, 0.2) is 0 Å². The summed E-state index contributed by atoms with van der Waals surface area (Å²) in [7, 11) is 1.50. The number of nitrogens with zero attached hydrogens (tertiary/aromatic N) is 2. The van der Waals surface area contributed by atoms with Crippen molar-refractivity contribution in [3.05, 3.63) is 47.3 Å². The van der Waals surface area contributed by atoms with Crippen LogP contribution in [-0.2, 0) is 27.6 Å². The maximum absolute atomic E-state index is 4.85. The van der Waals surface area contributed by atoms with Crippen molar-refractivity contribution in [1.82, 2.24) is 9.78 Å². The lowest BCUT2D eigenvalue weighted by Crippen LogP contribution is -2.12. The molecule has 0 aliphatic heterocycles. The highest BCUT2D eigenvalue weighted by atomic mass is 32.2. The van der Waals surface area contributed by atoms with Crippen LogP contribution in [0.15, 0.2) is 35.4 Å². The molecule has 0 fully saturated rings. The van der Waals surface area contributed by atoms with Crippen LogP contribution in [0.5, 0.6) is 0 Å². The van der Waals surface area contributed by atoms with Crippen LogP contribution in [0.4, 0.5) is 0 Å². The van der Waals surface area contributed by atoms with Crippen LogP contribution in [0.25, 0.3) is 0 Å². The molecule has 0 aliphatic rings. The maximum Gasteiger partial charge on any atom is 0.0725 e. The summed E-state index contributed by atoms with van der Waals surface area (Å²) in [6, 6.07) is 8.22. The predicted molar refractivity (Wildman–Crippen MR) is 89.8 cm³/mol. The molecule has 0 unspecified atom stereocenters. The third-order valence-corrected chi connectivity index (χ3v) is 4.12. The number of hydrogen-bond acceptors (Lipinski definition) is 4. The third-order valence-electron chi connectivity index (χ3n) is 3.45. The van der Waals surface area contributed by atoms with Crippen LogP contribution in [0, 0.1) is 0 Å². The minimum absolute atomic E-state index is 0.127. The molecule has 1 aromatic carbocycles. The number of benzene rings is 1. The van der Waals surface area contributed by atoms with Gasteiger partial charge in [-0.3, -0.25) is 4.68 Å². The van der Waals surface area contributed by atoms with Gasteiger partial charge in [-0.2, -0.15) is 9.43 Å². The molecule has 2 rings (SSSR count). The molecule has 120 valence electrons. The second-order valence-corrected chi connectivity index (χ2v) is 7.03. The van der Waals surface area contributed by atoms with E-state index >= 15 is 0 Å². The standard InChI is InChI=1S/C17H24N2O2S/c1-6-16-15(17(2,3)4)12-19(18-16)11-13-7-9-14(10-8-13)22-21-20-5/h7-10,12H,6,11H2,1-5H3. The molecule has 0 radical (unpaired) electrons. The lowest BCUT2D eigenvalue weighted by atomic mass is 9.87. The molecule has 4 nitrogen and oxygen atoms in total. The number of aromatic nitrogens is 2. The SMILES string of the molecule is CCc1nn(Cc2ccc(SOOC)cc2)cc1C(C)(C)C. The van der Waals surface area contributed by atoms with E-state index in [0.29, 0.717) is 0 Å². The lowest BCUT2D eigenvalue weighted by molar-refractivity contribution is -0.160. The summed E-state index contributed by atoms with van der Waals surface area (Å²) in [5.74, 6) is 0. The van der Waals surface area contributed by atoms with E-state index in [1.165, 1.54) is 36.0 Å². The molecule has 2 aromatic rings. The zero-order valence-electron chi connectivity index (χ0n) is 13.9. The molecule has 0 amide bonds. The molecule has 0 saturated carbocycles. The van der Waals surface area contributed by atoms with Gasteiger partial charge in [-0.25, -0.2) is 4.89 Å². The maximum atomic E-state index is 4.85. The van der Waals surface area contributed by atoms with Crippen molar-refractivity contribution in [3.8, 4) is 0 Å². The Morgan fingerprint density at radius 1 is 1.18 bits per heavy atom. The van der Waals surface area contributed by atoms with E-state index in [-0.39, 0.29) is 5.41 Å². The minimum Gasteiger partial charge on any atom is -0.268 e. The van der Waals surface area contributed by atoms with Crippen molar-refractivity contribution in [2.75, 3.05) is 7.11 Å². The molecule has 0 N–H and O–H groups in total. The van der Waals surface area contributed by atoms with E-state index in [4.69, 9.17) is 9.43 Å². The number of rotatable bonds is 6. The molecule has 1 aromatic heterocycles. The quantitative estimate of drug-likeness (QED) is 0.450. The molecular formula is C17H24N2O2S. The van der Waals surface area contributed by atoms with E-state index in [0.717, 1.165) is 17.9 Å². The highest BCUT2D eigenvalue weighted by Gasteiger charge is 2.20. The summed E-state index contributed by atoms with van der Waals surface area (Å²) in [6.07, 6.45) is 3.14. The first-order valence-corrected chi connectivity index (χ1v) is 8.21.